The molecule has 8 heteroatoms. The first-order chi connectivity index (χ1) is 11.6. The van der Waals surface area contributed by atoms with Gasteiger partial charge in [-0.1, -0.05) is 12.2 Å². The highest BCUT2D eigenvalue weighted by Crippen LogP contribution is 2.29. The Labute approximate surface area is 147 Å². The van der Waals surface area contributed by atoms with E-state index in [4.69, 9.17) is 18.9 Å². The summed E-state index contributed by atoms with van der Waals surface area (Å²) >= 11 is 0. The molecule has 0 radical (unpaired) electrons. The summed E-state index contributed by atoms with van der Waals surface area (Å²) in [6, 6.07) is 0. The lowest BCUT2D eigenvalue weighted by atomic mass is 9.94. The van der Waals surface area contributed by atoms with Gasteiger partial charge in [0.15, 0.2) is 18.3 Å². The van der Waals surface area contributed by atoms with Crippen LogP contribution in [-0.4, -0.2) is 59.6 Å². The first-order valence-electron chi connectivity index (χ1n) is 8.13. The van der Waals surface area contributed by atoms with Gasteiger partial charge >= 0.3 is 17.9 Å². The van der Waals surface area contributed by atoms with Crippen molar-refractivity contribution in [1.82, 2.24) is 0 Å². The van der Waals surface area contributed by atoms with Crippen LogP contribution in [0, 0.1) is 0 Å². The van der Waals surface area contributed by atoms with Gasteiger partial charge in [0.1, 0.15) is 6.10 Å². The summed E-state index contributed by atoms with van der Waals surface area (Å²) in [5.74, 6) is -1.75. The van der Waals surface area contributed by atoms with Gasteiger partial charge in [0.25, 0.3) is 0 Å². The Hall–Kier alpha value is -1.93. The third-order valence-electron chi connectivity index (χ3n) is 3.51. The smallest absolute Gasteiger partial charge is 0.303 e. The maximum absolute atomic E-state index is 11.5. The van der Waals surface area contributed by atoms with Crippen LogP contribution in [0.15, 0.2) is 12.2 Å². The molecule has 0 aromatic rings. The lowest BCUT2D eigenvalue weighted by molar-refractivity contribution is -0.235. The van der Waals surface area contributed by atoms with E-state index in [9.17, 15) is 19.5 Å². The fourth-order valence-electron chi connectivity index (χ4n) is 2.61. The number of rotatable bonds is 6. The molecule has 1 aliphatic heterocycles. The molecule has 1 unspecified atom stereocenters. The van der Waals surface area contributed by atoms with E-state index < -0.39 is 54.5 Å². The molecule has 1 N–H and O–H groups in total. The van der Waals surface area contributed by atoms with E-state index in [0.717, 1.165) is 0 Å². The Morgan fingerprint density at radius 3 is 1.96 bits per heavy atom. The van der Waals surface area contributed by atoms with Crippen molar-refractivity contribution in [2.24, 2.45) is 0 Å². The molecule has 1 fully saturated rings. The number of carbonyl (C=O) groups excluding carboxylic acids is 3. The normalized spacial score (nSPS) is 30.6. The number of hydrogen-bond acceptors (Lipinski definition) is 8. The molecule has 1 heterocycles. The number of hydrogen-bond donors (Lipinski definition) is 1. The second-order valence-corrected chi connectivity index (χ2v) is 6.04. The Morgan fingerprint density at radius 2 is 1.48 bits per heavy atom. The zero-order valence-corrected chi connectivity index (χ0v) is 15.1. The van der Waals surface area contributed by atoms with Crippen molar-refractivity contribution in [3.05, 3.63) is 12.2 Å². The third-order valence-corrected chi connectivity index (χ3v) is 3.51. The molecule has 0 spiro atoms. The number of esters is 3. The summed E-state index contributed by atoms with van der Waals surface area (Å²) in [4.78, 5) is 34.4. The van der Waals surface area contributed by atoms with Crippen LogP contribution >= 0.6 is 0 Å². The summed E-state index contributed by atoms with van der Waals surface area (Å²) in [6.45, 7) is 6.97. The third kappa shape index (κ3) is 6.83. The van der Waals surface area contributed by atoms with E-state index in [-0.39, 0.29) is 0 Å². The number of aliphatic hydroxyl groups excluding tert-OH is 1. The van der Waals surface area contributed by atoms with Crippen LogP contribution < -0.4 is 0 Å². The van der Waals surface area contributed by atoms with Gasteiger partial charge in [0, 0.05) is 20.8 Å². The van der Waals surface area contributed by atoms with Crippen LogP contribution in [0.1, 0.15) is 41.0 Å². The van der Waals surface area contributed by atoms with Gasteiger partial charge in [-0.2, -0.15) is 0 Å². The molecule has 0 saturated carbocycles. The van der Waals surface area contributed by atoms with Crippen LogP contribution in [0.25, 0.3) is 0 Å². The van der Waals surface area contributed by atoms with Crippen LogP contribution in [0.5, 0.6) is 0 Å². The van der Waals surface area contributed by atoms with Crippen molar-refractivity contribution < 1.29 is 38.4 Å². The monoisotopic (exact) mass is 358 g/mol. The number of carbonyl (C=O) groups is 3. The zero-order valence-electron chi connectivity index (χ0n) is 15.1. The first kappa shape index (κ1) is 21.1. The average Bonchev–Trinajstić information content (AvgIpc) is 2.45. The van der Waals surface area contributed by atoms with Crippen LogP contribution in [0.4, 0.5) is 0 Å². The van der Waals surface area contributed by atoms with Crippen LogP contribution in [0.2, 0.25) is 0 Å². The van der Waals surface area contributed by atoms with Gasteiger partial charge in [-0.15, -0.1) is 0 Å². The molecule has 8 nitrogen and oxygen atoms in total. The zero-order chi connectivity index (χ0) is 19.1. The molecule has 0 aliphatic carbocycles. The fourth-order valence-corrected chi connectivity index (χ4v) is 2.61. The topological polar surface area (TPSA) is 108 Å². The van der Waals surface area contributed by atoms with Crippen molar-refractivity contribution >= 4 is 17.9 Å². The van der Waals surface area contributed by atoms with Gasteiger partial charge < -0.3 is 24.1 Å². The first-order valence-corrected chi connectivity index (χ1v) is 8.13. The minimum atomic E-state index is -1.00. The molecule has 1 rings (SSSR count). The van der Waals surface area contributed by atoms with E-state index in [1.165, 1.54) is 20.8 Å². The summed E-state index contributed by atoms with van der Waals surface area (Å²) in [6.07, 6.45) is -1.04. The standard InChI is InChI=1S/C17H26O8/c1-9(18)7-6-8-14-16(24-12(4)20)17(25-13(5)21)15(10(2)22-14)23-11(3)19/h6,8-10,14-18H,7H2,1-5H3/t9?,10-,14-,15-,16-,17+/m0/s1. The van der Waals surface area contributed by atoms with Crippen LogP contribution in [0.3, 0.4) is 0 Å². The van der Waals surface area contributed by atoms with Crippen molar-refractivity contribution in [3.63, 3.8) is 0 Å². The molecule has 1 aliphatic rings. The van der Waals surface area contributed by atoms with Crippen molar-refractivity contribution in [2.75, 3.05) is 0 Å². The quantitative estimate of drug-likeness (QED) is 0.424. The molecular formula is C17H26O8. The highest BCUT2D eigenvalue weighted by atomic mass is 16.6. The lowest BCUT2D eigenvalue weighted by Gasteiger charge is -2.43. The van der Waals surface area contributed by atoms with Gasteiger partial charge in [0.2, 0.25) is 0 Å². The van der Waals surface area contributed by atoms with Gasteiger partial charge in [-0.25, -0.2) is 0 Å². The molecule has 0 aromatic heterocycles. The molecular weight excluding hydrogens is 332 g/mol. The highest BCUT2D eigenvalue weighted by Gasteiger charge is 2.49. The number of ether oxygens (including phenoxy) is 4. The van der Waals surface area contributed by atoms with Crippen molar-refractivity contribution in [3.8, 4) is 0 Å². The summed E-state index contributed by atoms with van der Waals surface area (Å²) in [5.41, 5.74) is 0. The van der Waals surface area contributed by atoms with E-state index in [1.807, 2.05) is 0 Å². The summed E-state index contributed by atoms with van der Waals surface area (Å²) in [5, 5.41) is 9.35. The SMILES string of the molecule is CC(=O)O[C@@H]1[C@@H](OC(C)=O)[C@H](C)O[C@@H](C=CCC(C)O)[C@@H]1OC(C)=O. The van der Waals surface area contributed by atoms with E-state index >= 15 is 0 Å². The molecule has 1 saturated heterocycles. The van der Waals surface area contributed by atoms with Crippen LogP contribution in [-0.2, 0) is 33.3 Å². The molecule has 25 heavy (non-hydrogen) atoms. The summed E-state index contributed by atoms with van der Waals surface area (Å²) < 4.78 is 21.6. The Kier molecular flexibility index (Phi) is 8.05. The predicted molar refractivity (Wildman–Crippen MR) is 86.4 cm³/mol. The maximum atomic E-state index is 11.5. The average molecular weight is 358 g/mol. The maximum Gasteiger partial charge on any atom is 0.303 e. The largest absolute Gasteiger partial charge is 0.456 e. The van der Waals surface area contributed by atoms with Crippen molar-refractivity contribution in [1.29, 1.82) is 0 Å². The molecule has 0 aromatic carbocycles. The van der Waals surface area contributed by atoms with E-state index in [2.05, 4.69) is 0 Å². The Balaban J connectivity index is 3.13. The van der Waals surface area contributed by atoms with E-state index in [1.54, 1.807) is 26.0 Å². The Bertz CT molecular complexity index is 513. The predicted octanol–water partition coefficient (Wildman–Crippen LogP) is 0.896. The molecule has 142 valence electrons. The van der Waals surface area contributed by atoms with Gasteiger partial charge in [-0.3, -0.25) is 14.4 Å². The minimum absolute atomic E-state index is 0.382. The summed E-state index contributed by atoms with van der Waals surface area (Å²) in [7, 11) is 0. The second-order valence-electron chi connectivity index (χ2n) is 6.04. The van der Waals surface area contributed by atoms with Crippen molar-refractivity contribution in [2.45, 2.75) is 77.7 Å². The van der Waals surface area contributed by atoms with Gasteiger partial charge in [0.05, 0.1) is 12.2 Å². The highest BCUT2D eigenvalue weighted by molar-refractivity contribution is 5.68. The molecule has 0 amide bonds. The number of aliphatic hydroxyl groups is 1. The lowest BCUT2D eigenvalue weighted by Crippen LogP contribution is -2.60. The minimum Gasteiger partial charge on any atom is -0.456 e. The molecule has 6 atom stereocenters. The molecule has 0 bridgehead atoms. The second kappa shape index (κ2) is 9.53. The van der Waals surface area contributed by atoms with Gasteiger partial charge in [-0.05, 0) is 20.3 Å². The Morgan fingerprint density at radius 1 is 1.00 bits per heavy atom. The fraction of sp³-hybridized carbons (Fsp3) is 0.706. The van der Waals surface area contributed by atoms with E-state index in [0.29, 0.717) is 6.42 Å².